The van der Waals surface area contributed by atoms with Gasteiger partial charge in [0.1, 0.15) is 5.75 Å². The second-order valence-corrected chi connectivity index (χ2v) is 8.04. The SMILES string of the molecule is CCN(c1ccccc1)S(=O)(=O)c1ccc(OCC(=O)Nc2ccccc2)cc1. The van der Waals surface area contributed by atoms with Gasteiger partial charge in [0, 0.05) is 12.2 Å². The molecule has 3 rings (SSSR count). The van der Waals surface area contributed by atoms with Crippen LogP contribution >= 0.6 is 0 Å². The molecule has 0 saturated carbocycles. The Morgan fingerprint density at radius 1 is 0.897 bits per heavy atom. The van der Waals surface area contributed by atoms with Crippen molar-refractivity contribution in [2.45, 2.75) is 11.8 Å². The molecule has 0 saturated heterocycles. The zero-order chi connectivity index (χ0) is 20.7. The summed E-state index contributed by atoms with van der Waals surface area (Å²) >= 11 is 0. The molecule has 0 unspecified atom stereocenters. The predicted octanol–water partition coefficient (Wildman–Crippen LogP) is 3.92. The topological polar surface area (TPSA) is 75.7 Å². The number of anilines is 2. The number of rotatable bonds is 8. The second-order valence-electron chi connectivity index (χ2n) is 6.18. The maximum atomic E-state index is 13.0. The normalized spacial score (nSPS) is 10.9. The molecule has 7 heteroatoms. The Labute approximate surface area is 170 Å². The quantitative estimate of drug-likeness (QED) is 0.611. The third-order valence-corrected chi connectivity index (χ3v) is 6.09. The van der Waals surface area contributed by atoms with E-state index in [4.69, 9.17) is 4.74 Å². The first-order chi connectivity index (χ1) is 14.0. The van der Waals surface area contributed by atoms with E-state index in [9.17, 15) is 13.2 Å². The molecule has 0 bridgehead atoms. The zero-order valence-electron chi connectivity index (χ0n) is 16.0. The molecule has 0 aliphatic rings. The largest absolute Gasteiger partial charge is 0.484 e. The lowest BCUT2D eigenvalue weighted by Crippen LogP contribution is -2.30. The summed E-state index contributed by atoms with van der Waals surface area (Å²) < 4.78 is 32.7. The van der Waals surface area contributed by atoms with E-state index in [1.54, 1.807) is 55.5 Å². The Morgan fingerprint density at radius 2 is 1.48 bits per heavy atom. The van der Waals surface area contributed by atoms with Crippen molar-refractivity contribution >= 4 is 27.3 Å². The van der Waals surface area contributed by atoms with E-state index in [1.807, 2.05) is 24.3 Å². The molecule has 150 valence electrons. The van der Waals surface area contributed by atoms with Gasteiger partial charge >= 0.3 is 0 Å². The highest BCUT2D eigenvalue weighted by molar-refractivity contribution is 7.92. The molecule has 0 aliphatic heterocycles. The van der Waals surface area contributed by atoms with Crippen LogP contribution in [0.5, 0.6) is 5.75 Å². The van der Waals surface area contributed by atoms with Gasteiger partial charge in [-0.2, -0.15) is 0 Å². The molecule has 6 nitrogen and oxygen atoms in total. The van der Waals surface area contributed by atoms with Crippen LogP contribution in [0.25, 0.3) is 0 Å². The summed E-state index contributed by atoms with van der Waals surface area (Å²) in [6.45, 7) is 1.92. The van der Waals surface area contributed by atoms with Crippen LogP contribution in [0, 0.1) is 0 Å². The van der Waals surface area contributed by atoms with Crippen LogP contribution in [0.4, 0.5) is 11.4 Å². The number of ether oxygens (including phenoxy) is 1. The van der Waals surface area contributed by atoms with Gasteiger partial charge in [-0.3, -0.25) is 9.10 Å². The third kappa shape index (κ3) is 5.14. The number of carbonyl (C=O) groups is 1. The molecule has 0 radical (unpaired) electrons. The van der Waals surface area contributed by atoms with Crippen molar-refractivity contribution in [2.24, 2.45) is 0 Å². The summed E-state index contributed by atoms with van der Waals surface area (Å²) in [4.78, 5) is 12.1. The lowest BCUT2D eigenvalue weighted by Gasteiger charge is -2.23. The van der Waals surface area contributed by atoms with E-state index < -0.39 is 10.0 Å². The van der Waals surface area contributed by atoms with Gasteiger partial charge in [-0.25, -0.2) is 8.42 Å². The standard InChI is InChI=1S/C22H22N2O4S/c1-2-24(19-11-7-4-8-12-19)29(26,27)21-15-13-20(14-16-21)28-17-22(25)23-18-9-5-3-6-10-18/h3-16H,2,17H2,1H3,(H,23,25). The van der Waals surface area contributed by atoms with Gasteiger partial charge in [0.05, 0.1) is 10.6 Å². The minimum atomic E-state index is -3.69. The summed E-state index contributed by atoms with van der Waals surface area (Å²) in [6.07, 6.45) is 0. The van der Waals surface area contributed by atoms with Gasteiger partial charge in [-0.1, -0.05) is 36.4 Å². The first-order valence-electron chi connectivity index (χ1n) is 9.16. The molecule has 0 atom stereocenters. The first kappa shape index (κ1) is 20.4. The molecule has 0 aromatic heterocycles. The minimum Gasteiger partial charge on any atom is -0.484 e. The molecule has 3 aromatic carbocycles. The molecule has 0 heterocycles. The zero-order valence-corrected chi connectivity index (χ0v) is 16.8. The van der Waals surface area contributed by atoms with Crippen molar-refractivity contribution in [2.75, 3.05) is 22.8 Å². The highest BCUT2D eigenvalue weighted by Crippen LogP contribution is 2.24. The molecule has 1 amide bonds. The fraction of sp³-hybridized carbons (Fsp3) is 0.136. The van der Waals surface area contributed by atoms with Gasteiger partial charge in [-0.05, 0) is 55.5 Å². The number of nitrogens with one attached hydrogen (secondary N) is 1. The van der Waals surface area contributed by atoms with Crippen molar-refractivity contribution < 1.29 is 17.9 Å². The molecule has 29 heavy (non-hydrogen) atoms. The highest BCUT2D eigenvalue weighted by atomic mass is 32.2. The number of para-hydroxylation sites is 2. The maximum absolute atomic E-state index is 13.0. The number of hydrogen-bond donors (Lipinski definition) is 1. The number of sulfonamides is 1. The first-order valence-corrected chi connectivity index (χ1v) is 10.6. The van der Waals surface area contributed by atoms with Crippen LogP contribution < -0.4 is 14.4 Å². The third-order valence-electron chi connectivity index (χ3n) is 4.17. The number of amides is 1. The van der Waals surface area contributed by atoms with E-state index in [1.165, 1.54) is 16.4 Å². The average Bonchev–Trinajstić information content (AvgIpc) is 2.74. The van der Waals surface area contributed by atoms with Gasteiger partial charge in [0.15, 0.2) is 6.61 Å². The van der Waals surface area contributed by atoms with Crippen LogP contribution in [0.2, 0.25) is 0 Å². The summed E-state index contributed by atoms with van der Waals surface area (Å²) in [5.74, 6) is 0.115. The number of carbonyl (C=O) groups excluding carboxylic acids is 1. The van der Waals surface area contributed by atoms with E-state index in [0.717, 1.165) is 0 Å². The van der Waals surface area contributed by atoms with Crippen molar-refractivity contribution in [3.63, 3.8) is 0 Å². The fourth-order valence-corrected chi connectivity index (χ4v) is 4.26. The Kier molecular flexibility index (Phi) is 6.51. The van der Waals surface area contributed by atoms with E-state index in [2.05, 4.69) is 5.32 Å². The summed E-state index contributed by atoms with van der Waals surface area (Å²) in [7, 11) is -3.69. The predicted molar refractivity (Wildman–Crippen MR) is 114 cm³/mol. The second kappa shape index (κ2) is 9.25. The van der Waals surface area contributed by atoms with Gasteiger partial charge in [0.2, 0.25) is 0 Å². The van der Waals surface area contributed by atoms with Crippen LogP contribution in [0.1, 0.15) is 6.92 Å². The monoisotopic (exact) mass is 410 g/mol. The molecular weight excluding hydrogens is 388 g/mol. The fourth-order valence-electron chi connectivity index (χ4n) is 2.79. The number of nitrogens with zero attached hydrogens (tertiary/aromatic N) is 1. The van der Waals surface area contributed by atoms with Crippen LogP contribution in [0.15, 0.2) is 89.8 Å². The smallest absolute Gasteiger partial charge is 0.264 e. The van der Waals surface area contributed by atoms with E-state index in [0.29, 0.717) is 23.7 Å². The van der Waals surface area contributed by atoms with Crippen molar-refractivity contribution in [1.29, 1.82) is 0 Å². The lowest BCUT2D eigenvalue weighted by atomic mass is 10.3. The molecule has 0 aliphatic carbocycles. The van der Waals surface area contributed by atoms with Gasteiger partial charge in [-0.15, -0.1) is 0 Å². The van der Waals surface area contributed by atoms with Gasteiger partial charge < -0.3 is 10.1 Å². The van der Waals surface area contributed by atoms with Crippen molar-refractivity contribution in [3.05, 3.63) is 84.9 Å². The average molecular weight is 410 g/mol. The lowest BCUT2D eigenvalue weighted by molar-refractivity contribution is -0.118. The molecule has 1 N–H and O–H groups in total. The summed E-state index contributed by atoms with van der Waals surface area (Å²) in [5, 5.41) is 2.72. The molecular formula is C22H22N2O4S. The Morgan fingerprint density at radius 3 is 2.07 bits per heavy atom. The minimum absolute atomic E-state index is 0.157. The molecule has 3 aromatic rings. The van der Waals surface area contributed by atoms with Crippen LogP contribution in [0.3, 0.4) is 0 Å². The molecule has 0 fully saturated rings. The number of benzene rings is 3. The van der Waals surface area contributed by atoms with Crippen LogP contribution in [-0.2, 0) is 14.8 Å². The van der Waals surface area contributed by atoms with Crippen molar-refractivity contribution in [3.8, 4) is 5.75 Å². The van der Waals surface area contributed by atoms with E-state index in [-0.39, 0.29) is 17.4 Å². The molecule has 0 spiro atoms. The van der Waals surface area contributed by atoms with Crippen molar-refractivity contribution in [1.82, 2.24) is 0 Å². The maximum Gasteiger partial charge on any atom is 0.264 e. The Bertz CT molecular complexity index is 1040. The van der Waals surface area contributed by atoms with Crippen LogP contribution in [-0.4, -0.2) is 27.5 Å². The van der Waals surface area contributed by atoms with E-state index >= 15 is 0 Å². The van der Waals surface area contributed by atoms with Gasteiger partial charge in [0.25, 0.3) is 15.9 Å². The summed E-state index contributed by atoms with van der Waals surface area (Å²) in [5.41, 5.74) is 1.29. The summed E-state index contributed by atoms with van der Waals surface area (Å²) in [6, 6.07) is 24.1. The number of hydrogen-bond acceptors (Lipinski definition) is 4. The Balaban J connectivity index is 1.65. The Hall–Kier alpha value is -3.32. The highest BCUT2D eigenvalue weighted by Gasteiger charge is 2.23.